The fourth-order valence-electron chi connectivity index (χ4n) is 2.71. The monoisotopic (exact) mass is 315 g/mol. The highest BCUT2D eigenvalue weighted by molar-refractivity contribution is 7.09. The summed E-state index contributed by atoms with van der Waals surface area (Å²) >= 11 is 1.64. The van der Waals surface area contributed by atoms with Crippen molar-refractivity contribution in [2.75, 3.05) is 19.6 Å². The number of rotatable bonds is 4. The van der Waals surface area contributed by atoms with E-state index in [9.17, 15) is 4.79 Å². The first-order valence-corrected chi connectivity index (χ1v) is 8.57. The molecule has 1 aliphatic heterocycles. The van der Waals surface area contributed by atoms with E-state index in [0.717, 1.165) is 36.8 Å². The number of hydrogen-bond donors (Lipinski definition) is 1. The average Bonchev–Trinajstić information content (AvgIpc) is 2.95. The number of carbonyl (C=O) groups is 1. The quantitative estimate of drug-likeness (QED) is 0.940. The van der Waals surface area contributed by atoms with Crippen LogP contribution in [0.15, 0.2) is 35.7 Å². The highest BCUT2D eigenvalue weighted by Crippen LogP contribution is 2.16. The normalized spacial score (nSPS) is 18.4. The Labute approximate surface area is 135 Å². The predicted octanol–water partition coefficient (Wildman–Crippen LogP) is 2.10. The van der Waals surface area contributed by atoms with Crippen LogP contribution >= 0.6 is 11.3 Å². The molecule has 0 radical (unpaired) electrons. The van der Waals surface area contributed by atoms with E-state index >= 15 is 0 Å². The van der Waals surface area contributed by atoms with Crippen LogP contribution in [0.1, 0.15) is 23.2 Å². The van der Waals surface area contributed by atoms with Crippen molar-refractivity contribution in [1.82, 2.24) is 15.2 Å². The van der Waals surface area contributed by atoms with Gasteiger partial charge in [-0.25, -0.2) is 4.98 Å². The lowest BCUT2D eigenvalue weighted by Crippen LogP contribution is -2.51. The summed E-state index contributed by atoms with van der Waals surface area (Å²) in [4.78, 5) is 18.9. The van der Waals surface area contributed by atoms with Gasteiger partial charge in [0.1, 0.15) is 0 Å². The van der Waals surface area contributed by atoms with Crippen molar-refractivity contribution in [3.8, 4) is 0 Å². The molecule has 1 aromatic carbocycles. The van der Waals surface area contributed by atoms with Crippen molar-refractivity contribution >= 4 is 17.2 Å². The lowest BCUT2D eigenvalue weighted by molar-refractivity contribution is -0.131. The van der Waals surface area contributed by atoms with Crippen LogP contribution in [-0.2, 0) is 17.6 Å². The third-order valence-electron chi connectivity index (χ3n) is 3.85. The summed E-state index contributed by atoms with van der Waals surface area (Å²) in [6, 6.07) is 10.7. The molecule has 4 nitrogen and oxygen atoms in total. The van der Waals surface area contributed by atoms with E-state index in [1.807, 2.05) is 28.5 Å². The summed E-state index contributed by atoms with van der Waals surface area (Å²) in [5.41, 5.74) is 2.15. The number of nitrogens with zero attached hydrogens (tertiary/aromatic N) is 2. The largest absolute Gasteiger partial charge is 0.340 e. The van der Waals surface area contributed by atoms with E-state index in [4.69, 9.17) is 0 Å². The van der Waals surface area contributed by atoms with Gasteiger partial charge in [0, 0.05) is 37.5 Å². The van der Waals surface area contributed by atoms with Gasteiger partial charge in [0.2, 0.25) is 5.91 Å². The molecule has 2 heterocycles. The Morgan fingerprint density at radius 3 is 3.00 bits per heavy atom. The molecule has 1 saturated heterocycles. The number of amides is 1. The van der Waals surface area contributed by atoms with Crippen molar-refractivity contribution in [3.05, 3.63) is 52.0 Å². The highest BCUT2D eigenvalue weighted by Gasteiger charge is 2.21. The first-order valence-electron chi connectivity index (χ1n) is 7.69. The van der Waals surface area contributed by atoms with Gasteiger partial charge in [-0.1, -0.05) is 30.3 Å². The van der Waals surface area contributed by atoms with E-state index in [-0.39, 0.29) is 5.91 Å². The minimum atomic E-state index is 0.185. The Kier molecular flexibility index (Phi) is 4.85. The molecule has 3 rings (SSSR count). The summed E-state index contributed by atoms with van der Waals surface area (Å²) in [6.45, 7) is 4.58. The Morgan fingerprint density at radius 2 is 2.23 bits per heavy atom. The Hall–Kier alpha value is -1.72. The number of carbonyl (C=O) groups excluding carboxylic acids is 1. The smallest absolute Gasteiger partial charge is 0.228 e. The standard InChI is InChI=1S/C17H21N3OS/c1-13-11-20(8-7-18-13)17(21)10-15-12-22-16(19-15)9-14-5-3-2-4-6-14/h2-6,12-13,18H,7-11H2,1H3. The van der Waals surface area contributed by atoms with Gasteiger partial charge in [-0.05, 0) is 12.5 Å². The number of piperazine rings is 1. The van der Waals surface area contributed by atoms with Crippen LogP contribution in [-0.4, -0.2) is 41.5 Å². The van der Waals surface area contributed by atoms with Crippen LogP contribution in [0, 0.1) is 0 Å². The molecule has 1 unspecified atom stereocenters. The first kappa shape index (κ1) is 15.2. The molecule has 1 fully saturated rings. The number of benzene rings is 1. The maximum atomic E-state index is 12.3. The van der Waals surface area contributed by atoms with Gasteiger partial charge in [0.05, 0.1) is 17.1 Å². The third-order valence-corrected chi connectivity index (χ3v) is 4.75. The molecule has 0 spiro atoms. The maximum Gasteiger partial charge on any atom is 0.228 e. The molecule has 2 aromatic rings. The van der Waals surface area contributed by atoms with E-state index in [0.29, 0.717) is 12.5 Å². The number of hydrogen-bond acceptors (Lipinski definition) is 4. The second kappa shape index (κ2) is 7.03. The molecule has 1 atom stereocenters. The van der Waals surface area contributed by atoms with Crippen molar-refractivity contribution in [1.29, 1.82) is 0 Å². The highest BCUT2D eigenvalue weighted by atomic mass is 32.1. The third kappa shape index (κ3) is 3.93. The Balaban J connectivity index is 1.58. The minimum absolute atomic E-state index is 0.185. The molecule has 116 valence electrons. The van der Waals surface area contributed by atoms with Gasteiger partial charge in [-0.3, -0.25) is 4.79 Å². The zero-order valence-corrected chi connectivity index (χ0v) is 13.6. The SMILES string of the molecule is CC1CN(C(=O)Cc2csc(Cc3ccccc3)n2)CCN1. The minimum Gasteiger partial charge on any atom is -0.340 e. The molecule has 0 saturated carbocycles. The molecule has 0 aliphatic carbocycles. The van der Waals surface area contributed by atoms with Gasteiger partial charge in [-0.15, -0.1) is 11.3 Å². The fraction of sp³-hybridized carbons (Fsp3) is 0.412. The van der Waals surface area contributed by atoms with Gasteiger partial charge in [-0.2, -0.15) is 0 Å². The molecular formula is C17H21N3OS. The van der Waals surface area contributed by atoms with Gasteiger partial charge in [0.25, 0.3) is 0 Å². The topological polar surface area (TPSA) is 45.2 Å². The molecule has 1 amide bonds. The first-order chi connectivity index (χ1) is 10.7. The Morgan fingerprint density at radius 1 is 1.41 bits per heavy atom. The summed E-state index contributed by atoms with van der Waals surface area (Å²) in [5.74, 6) is 0.185. The van der Waals surface area contributed by atoms with Crippen molar-refractivity contribution < 1.29 is 4.79 Å². The molecular weight excluding hydrogens is 294 g/mol. The fourth-order valence-corrected chi connectivity index (χ4v) is 3.54. The van der Waals surface area contributed by atoms with Gasteiger partial charge >= 0.3 is 0 Å². The summed E-state index contributed by atoms with van der Waals surface area (Å²) in [5, 5.41) is 6.44. The van der Waals surface area contributed by atoms with E-state index < -0.39 is 0 Å². The Bertz CT molecular complexity index is 626. The molecule has 5 heteroatoms. The maximum absolute atomic E-state index is 12.3. The molecule has 1 aliphatic rings. The van der Waals surface area contributed by atoms with Crippen LogP contribution < -0.4 is 5.32 Å². The second-order valence-electron chi connectivity index (χ2n) is 5.77. The molecule has 0 bridgehead atoms. The van der Waals surface area contributed by atoms with Crippen molar-refractivity contribution in [2.24, 2.45) is 0 Å². The lowest BCUT2D eigenvalue weighted by Gasteiger charge is -2.31. The van der Waals surface area contributed by atoms with Crippen LogP contribution in [0.3, 0.4) is 0 Å². The number of thiazole rings is 1. The molecule has 1 N–H and O–H groups in total. The second-order valence-corrected chi connectivity index (χ2v) is 6.71. The zero-order chi connectivity index (χ0) is 15.4. The van der Waals surface area contributed by atoms with Gasteiger partial charge < -0.3 is 10.2 Å². The number of aromatic nitrogens is 1. The van der Waals surface area contributed by atoms with E-state index in [1.54, 1.807) is 11.3 Å². The summed E-state index contributed by atoms with van der Waals surface area (Å²) in [7, 11) is 0. The summed E-state index contributed by atoms with van der Waals surface area (Å²) < 4.78 is 0. The molecule has 1 aromatic heterocycles. The van der Waals surface area contributed by atoms with Crippen molar-refractivity contribution in [2.45, 2.75) is 25.8 Å². The van der Waals surface area contributed by atoms with E-state index in [1.165, 1.54) is 5.56 Å². The predicted molar refractivity (Wildman–Crippen MR) is 89.1 cm³/mol. The van der Waals surface area contributed by atoms with Gasteiger partial charge in [0.15, 0.2) is 0 Å². The number of nitrogens with one attached hydrogen (secondary N) is 1. The van der Waals surface area contributed by atoms with Crippen LogP contribution in [0.25, 0.3) is 0 Å². The summed E-state index contributed by atoms with van der Waals surface area (Å²) in [6.07, 6.45) is 1.25. The van der Waals surface area contributed by atoms with Crippen LogP contribution in [0.5, 0.6) is 0 Å². The van der Waals surface area contributed by atoms with Crippen LogP contribution in [0.4, 0.5) is 0 Å². The lowest BCUT2D eigenvalue weighted by atomic mass is 10.2. The van der Waals surface area contributed by atoms with Crippen molar-refractivity contribution in [3.63, 3.8) is 0 Å². The van der Waals surface area contributed by atoms with Crippen LogP contribution in [0.2, 0.25) is 0 Å². The van der Waals surface area contributed by atoms with E-state index in [2.05, 4.69) is 29.4 Å². The molecule has 22 heavy (non-hydrogen) atoms. The average molecular weight is 315 g/mol. The zero-order valence-electron chi connectivity index (χ0n) is 12.8.